The molecule has 0 aliphatic heterocycles. The van der Waals surface area contributed by atoms with E-state index < -0.39 is 0 Å². The second-order valence-corrected chi connectivity index (χ2v) is 15.9. The zero-order chi connectivity index (χ0) is 37.8. The molecule has 3 heteroatoms. The molecule has 0 unspecified atom stereocenters. The standard InChI is InChI=1S/C52H30N2S.C2H6/c1-2-11-36-35(10-1)40-15-9-16-41-51(40)43(36)30-50-52(41)44-29-32(21-27-49(44)55-50)31-20-26-48-42(28-31)39-14-5-8-19-47(39)54(48)34-24-22-33(23-25-34)53-45-17-6-3-12-37(45)38-13-4-7-18-46(38)53;1-2/h1-30H;1-2H3. The molecule has 0 saturated heterocycles. The number of hydrogen-bond acceptors (Lipinski definition) is 1. The minimum absolute atomic E-state index is 1.15. The van der Waals surface area contributed by atoms with Crippen LogP contribution in [0.3, 0.4) is 0 Å². The monoisotopic (exact) mass is 744 g/mol. The number of para-hydroxylation sites is 3. The average Bonchev–Trinajstić information content (AvgIpc) is 4.01. The van der Waals surface area contributed by atoms with E-state index in [2.05, 4.69) is 191 Å². The first-order valence-electron chi connectivity index (χ1n) is 19.9. The van der Waals surface area contributed by atoms with E-state index in [1.165, 1.54) is 108 Å². The van der Waals surface area contributed by atoms with Gasteiger partial charge in [-0.3, -0.25) is 0 Å². The van der Waals surface area contributed by atoms with Crippen LogP contribution in [-0.2, 0) is 0 Å². The van der Waals surface area contributed by atoms with Crippen molar-refractivity contribution in [3.63, 3.8) is 0 Å². The molecule has 0 N–H and O–H groups in total. The van der Waals surface area contributed by atoms with Gasteiger partial charge in [0.05, 0.1) is 22.1 Å². The number of fused-ring (bicyclic) bond motifs is 13. The van der Waals surface area contributed by atoms with E-state index in [1.807, 2.05) is 25.2 Å². The molecule has 0 bridgehead atoms. The Morgan fingerprint density at radius 1 is 0.316 bits per heavy atom. The van der Waals surface area contributed by atoms with Gasteiger partial charge in [-0.15, -0.1) is 11.3 Å². The Morgan fingerprint density at radius 2 is 0.789 bits per heavy atom. The van der Waals surface area contributed by atoms with E-state index in [9.17, 15) is 0 Å². The highest BCUT2D eigenvalue weighted by Crippen LogP contribution is 2.52. The Hall–Kier alpha value is -6.94. The number of hydrogen-bond donors (Lipinski definition) is 0. The predicted molar refractivity (Wildman–Crippen MR) is 247 cm³/mol. The van der Waals surface area contributed by atoms with Crippen molar-refractivity contribution in [1.82, 2.24) is 9.13 Å². The Morgan fingerprint density at radius 3 is 1.42 bits per heavy atom. The summed E-state index contributed by atoms with van der Waals surface area (Å²) in [6.07, 6.45) is 0. The smallest absolute Gasteiger partial charge is 0.0541 e. The molecule has 57 heavy (non-hydrogen) atoms. The van der Waals surface area contributed by atoms with Gasteiger partial charge in [-0.1, -0.05) is 123 Å². The zero-order valence-corrected chi connectivity index (χ0v) is 32.4. The summed E-state index contributed by atoms with van der Waals surface area (Å²) < 4.78 is 7.48. The van der Waals surface area contributed by atoms with Crippen molar-refractivity contribution in [2.45, 2.75) is 13.8 Å². The highest BCUT2D eigenvalue weighted by atomic mass is 32.1. The van der Waals surface area contributed by atoms with Gasteiger partial charge in [0.15, 0.2) is 0 Å². The molecule has 3 heterocycles. The highest BCUT2D eigenvalue weighted by Gasteiger charge is 2.24. The summed E-state index contributed by atoms with van der Waals surface area (Å²) >= 11 is 1.91. The van der Waals surface area contributed by atoms with Crippen LogP contribution >= 0.6 is 11.3 Å². The van der Waals surface area contributed by atoms with Crippen LogP contribution in [-0.4, -0.2) is 9.13 Å². The average molecular weight is 745 g/mol. The summed E-state index contributed by atoms with van der Waals surface area (Å²) in [6.45, 7) is 4.00. The largest absolute Gasteiger partial charge is 0.309 e. The quantitative estimate of drug-likeness (QED) is 0.170. The second-order valence-electron chi connectivity index (χ2n) is 14.9. The van der Waals surface area contributed by atoms with E-state index >= 15 is 0 Å². The van der Waals surface area contributed by atoms with E-state index in [0.717, 1.165) is 11.4 Å². The summed E-state index contributed by atoms with van der Waals surface area (Å²) in [5, 5.41) is 10.5. The molecule has 0 fully saturated rings. The number of aromatic nitrogens is 2. The molecule has 1 aliphatic carbocycles. The van der Waals surface area contributed by atoms with Gasteiger partial charge in [0.25, 0.3) is 0 Å². The maximum atomic E-state index is 2.44. The Balaban J connectivity index is 0.00000175. The normalized spacial score (nSPS) is 12.0. The van der Waals surface area contributed by atoms with E-state index in [-0.39, 0.29) is 0 Å². The fourth-order valence-corrected chi connectivity index (χ4v) is 10.8. The molecular formula is C54H36N2S. The van der Waals surface area contributed by atoms with Crippen LogP contribution in [0.5, 0.6) is 0 Å². The van der Waals surface area contributed by atoms with Crippen LogP contribution in [0.1, 0.15) is 13.8 Å². The van der Waals surface area contributed by atoms with Crippen molar-refractivity contribution in [2.24, 2.45) is 0 Å². The van der Waals surface area contributed by atoms with Crippen LogP contribution in [0.15, 0.2) is 182 Å². The van der Waals surface area contributed by atoms with Gasteiger partial charge in [0.2, 0.25) is 0 Å². The molecule has 0 atom stereocenters. The lowest BCUT2D eigenvalue weighted by Crippen LogP contribution is -1.97. The highest BCUT2D eigenvalue weighted by molar-refractivity contribution is 7.26. The minimum Gasteiger partial charge on any atom is -0.309 e. The fraction of sp³-hybridized carbons (Fsp3) is 0.0370. The van der Waals surface area contributed by atoms with E-state index in [4.69, 9.17) is 0 Å². The molecule has 0 spiro atoms. The molecule has 3 aromatic heterocycles. The van der Waals surface area contributed by atoms with Gasteiger partial charge < -0.3 is 9.13 Å². The molecule has 2 nitrogen and oxygen atoms in total. The summed E-state index contributed by atoms with van der Waals surface area (Å²) in [5.41, 5.74) is 15.1. The van der Waals surface area contributed by atoms with Crippen LogP contribution < -0.4 is 0 Å². The van der Waals surface area contributed by atoms with Crippen molar-refractivity contribution in [3.8, 4) is 44.8 Å². The topological polar surface area (TPSA) is 9.86 Å². The first-order chi connectivity index (χ1) is 28.3. The third-order valence-corrected chi connectivity index (χ3v) is 13.2. The molecule has 12 aromatic rings. The first kappa shape index (κ1) is 32.3. The Kier molecular flexibility index (Phi) is 6.96. The van der Waals surface area contributed by atoms with Gasteiger partial charge in [0, 0.05) is 53.1 Å². The van der Waals surface area contributed by atoms with Crippen LogP contribution in [0.2, 0.25) is 0 Å². The molecule has 9 aromatic carbocycles. The van der Waals surface area contributed by atoms with Gasteiger partial charge in [-0.2, -0.15) is 0 Å². The molecule has 0 radical (unpaired) electrons. The van der Waals surface area contributed by atoms with Gasteiger partial charge >= 0.3 is 0 Å². The fourth-order valence-electron chi connectivity index (χ4n) is 9.70. The van der Waals surface area contributed by atoms with Gasteiger partial charge in [-0.25, -0.2) is 0 Å². The molecule has 268 valence electrons. The summed E-state index contributed by atoms with van der Waals surface area (Å²) in [5.74, 6) is 0. The first-order valence-corrected chi connectivity index (χ1v) is 20.7. The zero-order valence-electron chi connectivity index (χ0n) is 31.6. The van der Waals surface area contributed by atoms with Gasteiger partial charge in [0.1, 0.15) is 0 Å². The lowest BCUT2D eigenvalue weighted by atomic mass is 9.96. The predicted octanol–water partition coefficient (Wildman–Crippen LogP) is 15.7. The SMILES string of the molecule is CC.c1ccc2c(c1)-c1cccc3c1c-2cc1sc2ccc(-c4ccc5c(c4)c4ccccc4n5-c4ccc(-n5c6ccccc6c6ccccc65)cc4)cc2c13. The molecular weight excluding hydrogens is 709 g/mol. The van der Waals surface area contributed by atoms with Crippen molar-refractivity contribution >= 4 is 85.9 Å². The van der Waals surface area contributed by atoms with Crippen molar-refractivity contribution in [2.75, 3.05) is 0 Å². The van der Waals surface area contributed by atoms with Crippen molar-refractivity contribution in [3.05, 3.63) is 182 Å². The third-order valence-electron chi connectivity index (χ3n) is 12.1. The number of nitrogens with zero attached hydrogens (tertiary/aromatic N) is 2. The number of rotatable bonds is 3. The van der Waals surface area contributed by atoms with Crippen molar-refractivity contribution in [1.29, 1.82) is 0 Å². The molecule has 13 rings (SSSR count). The van der Waals surface area contributed by atoms with Crippen LogP contribution in [0, 0.1) is 0 Å². The lowest BCUT2D eigenvalue weighted by Gasteiger charge is -2.12. The molecule has 0 saturated carbocycles. The summed E-state index contributed by atoms with van der Waals surface area (Å²) in [4.78, 5) is 0. The lowest BCUT2D eigenvalue weighted by molar-refractivity contribution is 1.14. The van der Waals surface area contributed by atoms with Crippen molar-refractivity contribution < 1.29 is 0 Å². The van der Waals surface area contributed by atoms with Gasteiger partial charge in [-0.05, 0) is 117 Å². The number of thiophene rings is 1. The molecule has 1 aliphatic rings. The third kappa shape index (κ3) is 4.52. The van der Waals surface area contributed by atoms with E-state index in [1.54, 1.807) is 0 Å². The van der Waals surface area contributed by atoms with E-state index in [0.29, 0.717) is 0 Å². The minimum atomic E-state index is 1.15. The molecule has 0 amide bonds. The Labute approximate surface area is 334 Å². The summed E-state index contributed by atoms with van der Waals surface area (Å²) in [7, 11) is 0. The Bertz CT molecular complexity index is 3540. The van der Waals surface area contributed by atoms with Crippen LogP contribution in [0.4, 0.5) is 0 Å². The maximum Gasteiger partial charge on any atom is 0.0541 e. The summed E-state index contributed by atoms with van der Waals surface area (Å²) in [6, 6.07) is 67.5. The second kappa shape index (κ2) is 12.3. The maximum absolute atomic E-state index is 2.44. The number of benzene rings is 9. The van der Waals surface area contributed by atoms with Crippen LogP contribution in [0.25, 0.3) is 119 Å².